The third kappa shape index (κ3) is 3.20. The van der Waals surface area contributed by atoms with E-state index in [1.807, 2.05) is 12.1 Å². The van der Waals surface area contributed by atoms with Crippen molar-refractivity contribution in [1.29, 1.82) is 0 Å². The van der Waals surface area contributed by atoms with Crippen LogP contribution in [0.4, 0.5) is 5.69 Å². The largest absolute Gasteiger partial charge is 0.508 e. The Hall–Kier alpha value is -1.18. The Morgan fingerprint density at radius 3 is 1.90 bits per heavy atom. The van der Waals surface area contributed by atoms with Crippen LogP contribution in [0.3, 0.4) is 0 Å². The summed E-state index contributed by atoms with van der Waals surface area (Å²) in [5.41, 5.74) is 2.35. The third-order valence-corrected chi connectivity index (χ3v) is 5.49. The van der Waals surface area contributed by atoms with E-state index in [1.54, 1.807) is 0 Å². The Morgan fingerprint density at radius 2 is 1.38 bits per heavy atom. The summed E-state index contributed by atoms with van der Waals surface area (Å²) >= 11 is 0. The normalized spacial score (nSPS) is 21.4. The summed E-state index contributed by atoms with van der Waals surface area (Å²) in [5.74, 6) is 0.448. The van der Waals surface area contributed by atoms with Crippen molar-refractivity contribution in [3.63, 3.8) is 0 Å². The summed E-state index contributed by atoms with van der Waals surface area (Å²) in [6, 6.07) is 7.41. The highest BCUT2D eigenvalue weighted by atomic mass is 16.3. The lowest BCUT2D eigenvalue weighted by Gasteiger charge is -2.44. The Morgan fingerprint density at radius 1 is 0.857 bits per heavy atom. The summed E-state index contributed by atoms with van der Waals surface area (Å²) in [5, 5.41) is 10.1. The minimum Gasteiger partial charge on any atom is -0.508 e. The van der Waals surface area contributed by atoms with E-state index in [0.29, 0.717) is 17.8 Å². The average molecular weight is 287 g/mol. The fourth-order valence-electron chi connectivity index (χ4n) is 4.30. The van der Waals surface area contributed by atoms with Gasteiger partial charge < -0.3 is 10.0 Å². The van der Waals surface area contributed by atoms with Crippen molar-refractivity contribution in [3.05, 3.63) is 23.8 Å². The number of anilines is 1. The van der Waals surface area contributed by atoms with Crippen LogP contribution in [-0.2, 0) is 0 Å². The maximum Gasteiger partial charge on any atom is 0.120 e. The summed E-state index contributed by atoms with van der Waals surface area (Å²) in [7, 11) is 0. The van der Waals surface area contributed by atoms with Crippen LogP contribution < -0.4 is 4.90 Å². The first kappa shape index (κ1) is 14.7. The van der Waals surface area contributed by atoms with Crippen molar-refractivity contribution in [3.8, 4) is 5.75 Å². The molecule has 0 spiro atoms. The molecule has 0 aliphatic heterocycles. The minimum absolute atomic E-state index is 0.448. The maximum absolute atomic E-state index is 10.1. The van der Waals surface area contributed by atoms with Gasteiger partial charge in [0.25, 0.3) is 0 Å². The van der Waals surface area contributed by atoms with E-state index in [4.69, 9.17) is 0 Å². The Balaban J connectivity index is 1.91. The molecule has 2 saturated carbocycles. The number of rotatable bonds is 3. The van der Waals surface area contributed by atoms with E-state index in [-0.39, 0.29) is 0 Å². The molecule has 1 aromatic carbocycles. The molecule has 2 aliphatic carbocycles. The molecule has 21 heavy (non-hydrogen) atoms. The van der Waals surface area contributed by atoms with Crippen molar-refractivity contribution in [2.75, 3.05) is 4.90 Å². The summed E-state index contributed by atoms with van der Waals surface area (Å²) in [4.78, 5) is 2.70. The van der Waals surface area contributed by atoms with Crippen LogP contribution in [0.15, 0.2) is 18.2 Å². The molecular weight excluding hydrogens is 258 g/mol. The standard InChI is InChI=1S/C19H29NO/c1-15-18(13-8-14-19(15)21)20(16-9-4-2-5-10-16)17-11-6-3-7-12-17/h8,13-14,16-17,21H,2-7,9-12H2,1H3. The van der Waals surface area contributed by atoms with Crippen LogP contribution in [0.1, 0.15) is 69.8 Å². The van der Waals surface area contributed by atoms with Gasteiger partial charge in [0.15, 0.2) is 0 Å². The molecule has 0 saturated heterocycles. The van der Waals surface area contributed by atoms with Crippen LogP contribution in [0.25, 0.3) is 0 Å². The van der Waals surface area contributed by atoms with Gasteiger partial charge in [-0.05, 0) is 44.7 Å². The zero-order valence-corrected chi connectivity index (χ0v) is 13.4. The Labute approximate surface area is 129 Å². The lowest BCUT2D eigenvalue weighted by molar-refractivity contribution is 0.339. The average Bonchev–Trinajstić information content (AvgIpc) is 2.54. The molecule has 116 valence electrons. The second-order valence-electron chi connectivity index (χ2n) is 6.91. The summed E-state index contributed by atoms with van der Waals surface area (Å²) < 4.78 is 0. The van der Waals surface area contributed by atoms with E-state index in [9.17, 15) is 5.11 Å². The number of benzene rings is 1. The molecule has 0 heterocycles. The first-order chi connectivity index (χ1) is 10.3. The molecular formula is C19H29NO. The molecule has 2 fully saturated rings. The maximum atomic E-state index is 10.1. The molecule has 0 amide bonds. The van der Waals surface area contributed by atoms with E-state index in [0.717, 1.165) is 5.56 Å². The van der Waals surface area contributed by atoms with Crippen molar-refractivity contribution in [2.24, 2.45) is 0 Å². The van der Waals surface area contributed by atoms with Crippen LogP contribution in [-0.4, -0.2) is 17.2 Å². The van der Waals surface area contributed by atoms with Crippen molar-refractivity contribution in [2.45, 2.75) is 83.2 Å². The highest BCUT2D eigenvalue weighted by Gasteiger charge is 2.30. The zero-order chi connectivity index (χ0) is 14.7. The summed E-state index contributed by atoms with van der Waals surface area (Å²) in [6.45, 7) is 2.07. The first-order valence-corrected chi connectivity index (χ1v) is 8.84. The van der Waals surface area contributed by atoms with Gasteiger partial charge in [-0.2, -0.15) is 0 Å². The monoisotopic (exact) mass is 287 g/mol. The Bertz CT molecular complexity index is 441. The zero-order valence-electron chi connectivity index (χ0n) is 13.4. The van der Waals surface area contributed by atoms with Gasteiger partial charge in [-0.15, -0.1) is 0 Å². The fourth-order valence-corrected chi connectivity index (χ4v) is 4.30. The lowest BCUT2D eigenvalue weighted by atomic mass is 9.87. The van der Waals surface area contributed by atoms with Gasteiger partial charge in [-0.25, -0.2) is 0 Å². The minimum atomic E-state index is 0.448. The molecule has 0 unspecified atom stereocenters. The molecule has 0 radical (unpaired) electrons. The van der Waals surface area contributed by atoms with E-state index in [1.165, 1.54) is 69.9 Å². The molecule has 2 nitrogen and oxygen atoms in total. The molecule has 1 aromatic rings. The van der Waals surface area contributed by atoms with Gasteiger partial charge in [0.1, 0.15) is 5.75 Å². The van der Waals surface area contributed by atoms with Gasteiger partial charge in [0.05, 0.1) is 0 Å². The smallest absolute Gasteiger partial charge is 0.120 e. The second-order valence-corrected chi connectivity index (χ2v) is 6.91. The third-order valence-electron chi connectivity index (χ3n) is 5.49. The van der Waals surface area contributed by atoms with Crippen molar-refractivity contribution >= 4 is 5.69 Å². The molecule has 0 aromatic heterocycles. The number of phenols is 1. The number of hydrogen-bond donors (Lipinski definition) is 1. The van der Waals surface area contributed by atoms with E-state index < -0.39 is 0 Å². The molecule has 2 aliphatic rings. The Kier molecular flexibility index (Phi) is 4.72. The van der Waals surface area contributed by atoms with Crippen LogP contribution in [0, 0.1) is 6.92 Å². The number of nitrogens with zero attached hydrogens (tertiary/aromatic N) is 1. The van der Waals surface area contributed by atoms with Gasteiger partial charge in [-0.1, -0.05) is 44.6 Å². The quantitative estimate of drug-likeness (QED) is 0.828. The highest BCUT2D eigenvalue weighted by Crippen LogP contribution is 2.37. The van der Waals surface area contributed by atoms with Gasteiger partial charge in [0.2, 0.25) is 0 Å². The van der Waals surface area contributed by atoms with Crippen molar-refractivity contribution < 1.29 is 5.11 Å². The van der Waals surface area contributed by atoms with E-state index in [2.05, 4.69) is 17.9 Å². The predicted molar refractivity (Wildman–Crippen MR) is 89.1 cm³/mol. The highest BCUT2D eigenvalue weighted by molar-refractivity contribution is 5.59. The van der Waals surface area contributed by atoms with Crippen LogP contribution >= 0.6 is 0 Å². The van der Waals surface area contributed by atoms with Gasteiger partial charge >= 0.3 is 0 Å². The van der Waals surface area contributed by atoms with Gasteiger partial charge in [0, 0.05) is 23.3 Å². The molecule has 1 N–H and O–H groups in total. The number of phenolic OH excluding ortho intramolecular Hbond substituents is 1. The molecule has 0 atom stereocenters. The van der Waals surface area contributed by atoms with Crippen molar-refractivity contribution in [1.82, 2.24) is 0 Å². The van der Waals surface area contributed by atoms with Crippen LogP contribution in [0.2, 0.25) is 0 Å². The predicted octanol–water partition coefficient (Wildman–Crippen LogP) is 5.17. The molecule has 2 heteroatoms. The number of hydrogen-bond acceptors (Lipinski definition) is 2. The van der Waals surface area contributed by atoms with E-state index >= 15 is 0 Å². The summed E-state index contributed by atoms with van der Waals surface area (Å²) in [6.07, 6.45) is 13.6. The molecule has 0 bridgehead atoms. The molecule has 3 rings (SSSR count). The van der Waals surface area contributed by atoms with Gasteiger partial charge in [-0.3, -0.25) is 0 Å². The first-order valence-electron chi connectivity index (χ1n) is 8.84. The lowest BCUT2D eigenvalue weighted by Crippen LogP contribution is -2.45. The van der Waals surface area contributed by atoms with Crippen LogP contribution in [0.5, 0.6) is 5.75 Å². The SMILES string of the molecule is Cc1c(O)cccc1N(C1CCCCC1)C1CCCCC1. The number of aromatic hydroxyl groups is 1. The second kappa shape index (κ2) is 6.72. The topological polar surface area (TPSA) is 23.5 Å². The fraction of sp³-hybridized carbons (Fsp3) is 0.684.